The topological polar surface area (TPSA) is 85.4 Å². The van der Waals surface area contributed by atoms with Crippen molar-refractivity contribution in [1.29, 1.82) is 0 Å². The van der Waals surface area contributed by atoms with Crippen LogP contribution in [0.15, 0.2) is 48.8 Å². The summed E-state index contributed by atoms with van der Waals surface area (Å²) in [5, 5.41) is 7.75. The van der Waals surface area contributed by atoms with Crippen LogP contribution in [0.1, 0.15) is 37.7 Å². The third kappa shape index (κ3) is 5.93. The van der Waals surface area contributed by atoms with E-state index in [0.717, 1.165) is 47.8 Å². The van der Waals surface area contributed by atoms with Crippen molar-refractivity contribution in [3.8, 4) is 11.5 Å². The number of nitrogens with zero attached hydrogens (tertiary/aromatic N) is 2. The van der Waals surface area contributed by atoms with Gasteiger partial charge in [-0.2, -0.15) is 0 Å². The van der Waals surface area contributed by atoms with Crippen molar-refractivity contribution in [3.63, 3.8) is 0 Å². The van der Waals surface area contributed by atoms with Gasteiger partial charge in [0.05, 0.1) is 19.2 Å². The Hall–Kier alpha value is -3.32. The SMILES string of the molecule is COc1cc2ncnc3c2cc1OCCC/C=C\CCCC(=O)NCc1ccc(Cl)cc1N3. The molecule has 0 spiro atoms. The number of carbonyl (C=O) groups is 1. The number of anilines is 2. The fraction of sp³-hybridized carbons (Fsp3) is 0.320. The summed E-state index contributed by atoms with van der Waals surface area (Å²) in [7, 11) is 1.62. The Balaban J connectivity index is 1.72. The Kier molecular flexibility index (Phi) is 7.62. The second-order valence-electron chi connectivity index (χ2n) is 7.80. The quantitative estimate of drug-likeness (QED) is 0.457. The molecule has 1 aliphatic heterocycles. The predicted molar refractivity (Wildman–Crippen MR) is 130 cm³/mol. The van der Waals surface area contributed by atoms with Crippen LogP contribution in [-0.4, -0.2) is 29.6 Å². The van der Waals surface area contributed by atoms with E-state index in [1.807, 2.05) is 30.3 Å². The number of nitrogens with one attached hydrogen (secondary N) is 2. The number of aromatic nitrogens is 2. The molecule has 2 N–H and O–H groups in total. The van der Waals surface area contributed by atoms with Gasteiger partial charge < -0.3 is 20.1 Å². The van der Waals surface area contributed by atoms with Gasteiger partial charge in [0.15, 0.2) is 11.5 Å². The summed E-state index contributed by atoms with van der Waals surface area (Å²) in [5.41, 5.74) is 2.40. The van der Waals surface area contributed by atoms with Gasteiger partial charge in [0.1, 0.15) is 12.1 Å². The van der Waals surface area contributed by atoms with E-state index in [2.05, 4.69) is 32.8 Å². The summed E-state index contributed by atoms with van der Waals surface area (Å²) < 4.78 is 11.6. The molecule has 0 saturated heterocycles. The number of halogens is 1. The van der Waals surface area contributed by atoms with Crippen LogP contribution in [0.4, 0.5) is 11.5 Å². The molecule has 33 heavy (non-hydrogen) atoms. The van der Waals surface area contributed by atoms with E-state index < -0.39 is 0 Å². The molecule has 0 atom stereocenters. The van der Waals surface area contributed by atoms with E-state index in [0.29, 0.717) is 41.9 Å². The molecule has 0 aliphatic carbocycles. The molecule has 2 aromatic carbocycles. The molecule has 1 amide bonds. The molecule has 0 saturated carbocycles. The molecule has 0 radical (unpaired) electrons. The second-order valence-corrected chi connectivity index (χ2v) is 8.24. The summed E-state index contributed by atoms with van der Waals surface area (Å²) in [6.45, 7) is 0.947. The number of fused-ring (bicyclic) bond motifs is 2. The third-order valence-electron chi connectivity index (χ3n) is 5.44. The van der Waals surface area contributed by atoms with Gasteiger partial charge in [0, 0.05) is 35.1 Å². The molecule has 1 aromatic heterocycles. The zero-order valence-corrected chi connectivity index (χ0v) is 19.3. The number of benzene rings is 2. The Morgan fingerprint density at radius 3 is 2.79 bits per heavy atom. The molecule has 172 valence electrons. The highest BCUT2D eigenvalue weighted by Crippen LogP contribution is 2.35. The minimum atomic E-state index is 0.0276. The lowest BCUT2D eigenvalue weighted by molar-refractivity contribution is -0.121. The standard InChI is InChI=1S/C25H27ClN4O3/c1-32-22-14-21-19-13-23(22)33-11-7-5-3-2-4-6-8-24(31)27-15-17-9-10-18(26)12-20(17)30-25(19)29-16-28-21/h2-3,9-10,12-14,16H,4-8,11,15H2,1H3,(H,27,31)(H,28,29,30)/b3-2-. The lowest BCUT2D eigenvalue weighted by atomic mass is 10.1. The third-order valence-corrected chi connectivity index (χ3v) is 5.67. The summed E-state index contributed by atoms with van der Waals surface area (Å²) >= 11 is 6.27. The van der Waals surface area contributed by atoms with Crippen LogP contribution in [0.2, 0.25) is 5.02 Å². The van der Waals surface area contributed by atoms with Gasteiger partial charge in [-0.1, -0.05) is 29.8 Å². The fourth-order valence-electron chi connectivity index (χ4n) is 3.66. The molecule has 3 aromatic rings. The van der Waals surface area contributed by atoms with Gasteiger partial charge in [-0.15, -0.1) is 0 Å². The van der Waals surface area contributed by atoms with Crippen LogP contribution in [0.25, 0.3) is 10.9 Å². The fourth-order valence-corrected chi connectivity index (χ4v) is 3.84. The van der Waals surface area contributed by atoms with E-state index in [-0.39, 0.29) is 5.91 Å². The smallest absolute Gasteiger partial charge is 0.220 e. The highest BCUT2D eigenvalue weighted by molar-refractivity contribution is 6.30. The Bertz CT molecular complexity index is 1170. The van der Waals surface area contributed by atoms with Crippen LogP contribution >= 0.6 is 11.6 Å². The van der Waals surface area contributed by atoms with Crippen LogP contribution in [0.5, 0.6) is 11.5 Å². The number of allylic oxidation sites excluding steroid dienone is 2. The maximum absolute atomic E-state index is 12.3. The molecule has 8 heteroatoms. The van der Waals surface area contributed by atoms with E-state index in [1.54, 1.807) is 7.11 Å². The molecular weight excluding hydrogens is 440 g/mol. The van der Waals surface area contributed by atoms with Crippen LogP contribution in [0, 0.1) is 0 Å². The lowest BCUT2D eigenvalue weighted by Gasteiger charge is -2.16. The molecule has 4 rings (SSSR count). The van der Waals surface area contributed by atoms with Crippen molar-refractivity contribution >= 4 is 39.9 Å². The zero-order valence-electron chi connectivity index (χ0n) is 18.6. The molecule has 0 fully saturated rings. The number of carbonyl (C=O) groups excluding carboxylic acids is 1. The minimum Gasteiger partial charge on any atom is -0.493 e. The second kappa shape index (κ2) is 11.0. The van der Waals surface area contributed by atoms with Gasteiger partial charge in [-0.25, -0.2) is 9.97 Å². The van der Waals surface area contributed by atoms with Crippen LogP contribution in [0.3, 0.4) is 0 Å². The number of ether oxygens (including phenoxy) is 2. The normalized spacial score (nSPS) is 16.4. The van der Waals surface area contributed by atoms with Gasteiger partial charge in [-0.05, 0) is 49.4 Å². The van der Waals surface area contributed by atoms with Crippen molar-refractivity contribution in [3.05, 3.63) is 59.4 Å². The molecule has 7 nitrogen and oxygen atoms in total. The predicted octanol–water partition coefficient (Wildman–Crippen LogP) is 5.55. The van der Waals surface area contributed by atoms with Crippen molar-refractivity contribution in [2.45, 2.75) is 38.6 Å². The molecule has 2 bridgehead atoms. The molecular formula is C25H27ClN4O3. The first-order valence-corrected chi connectivity index (χ1v) is 11.4. The van der Waals surface area contributed by atoms with E-state index in [9.17, 15) is 4.79 Å². The number of hydrogen-bond donors (Lipinski definition) is 2. The van der Waals surface area contributed by atoms with Crippen molar-refractivity contribution < 1.29 is 14.3 Å². The average molecular weight is 467 g/mol. The van der Waals surface area contributed by atoms with Gasteiger partial charge in [-0.3, -0.25) is 4.79 Å². The number of hydrogen-bond acceptors (Lipinski definition) is 6. The zero-order chi connectivity index (χ0) is 23.0. The van der Waals surface area contributed by atoms with Crippen LogP contribution in [-0.2, 0) is 11.3 Å². The van der Waals surface area contributed by atoms with E-state index >= 15 is 0 Å². The minimum absolute atomic E-state index is 0.0276. The number of rotatable bonds is 1. The number of amides is 1. The summed E-state index contributed by atoms with van der Waals surface area (Å²) in [4.78, 5) is 21.1. The first-order valence-electron chi connectivity index (χ1n) is 11.1. The number of methoxy groups -OCH3 is 1. The Morgan fingerprint density at radius 2 is 1.94 bits per heavy atom. The summed E-state index contributed by atoms with van der Waals surface area (Å²) in [6.07, 6.45) is 9.73. The maximum atomic E-state index is 12.3. The molecule has 2 heterocycles. The highest BCUT2D eigenvalue weighted by atomic mass is 35.5. The Labute approximate surface area is 198 Å². The van der Waals surface area contributed by atoms with Crippen molar-refractivity contribution in [2.75, 3.05) is 19.0 Å². The largest absolute Gasteiger partial charge is 0.493 e. The Morgan fingerprint density at radius 1 is 1.09 bits per heavy atom. The van der Waals surface area contributed by atoms with Gasteiger partial charge >= 0.3 is 0 Å². The van der Waals surface area contributed by atoms with Gasteiger partial charge in [0.2, 0.25) is 5.91 Å². The van der Waals surface area contributed by atoms with Crippen molar-refractivity contribution in [2.24, 2.45) is 0 Å². The summed E-state index contributed by atoms with van der Waals surface area (Å²) in [5.74, 6) is 1.91. The van der Waals surface area contributed by atoms with Gasteiger partial charge in [0.25, 0.3) is 0 Å². The molecule has 1 aliphatic rings. The highest BCUT2D eigenvalue weighted by Gasteiger charge is 2.14. The maximum Gasteiger partial charge on any atom is 0.220 e. The molecule has 0 unspecified atom stereocenters. The first-order chi connectivity index (χ1) is 16.1. The van der Waals surface area contributed by atoms with Crippen LogP contribution < -0.4 is 20.1 Å². The van der Waals surface area contributed by atoms with Crippen molar-refractivity contribution in [1.82, 2.24) is 15.3 Å². The van der Waals surface area contributed by atoms with E-state index in [1.165, 1.54) is 6.33 Å². The average Bonchev–Trinajstić information content (AvgIpc) is 2.81. The van der Waals surface area contributed by atoms with E-state index in [4.69, 9.17) is 21.1 Å². The summed E-state index contributed by atoms with van der Waals surface area (Å²) in [6, 6.07) is 9.28. The monoisotopic (exact) mass is 466 g/mol. The first kappa shape index (κ1) is 22.9. The lowest BCUT2D eigenvalue weighted by Crippen LogP contribution is -2.22.